The number of nitrogens with zero attached hydrogens (tertiary/aromatic N) is 1. The Morgan fingerprint density at radius 1 is 1.29 bits per heavy atom. The molecule has 1 amide bonds. The summed E-state index contributed by atoms with van der Waals surface area (Å²) in [4.78, 5) is 28.0. The van der Waals surface area contributed by atoms with E-state index in [1.54, 1.807) is 6.92 Å². The fourth-order valence-electron chi connectivity index (χ4n) is 1.84. The van der Waals surface area contributed by atoms with Gasteiger partial charge in [0.1, 0.15) is 0 Å². The highest BCUT2D eigenvalue weighted by molar-refractivity contribution is 7.16. The summed E-state index contributed by atoms with van der Waals surface area (Å²) in [6.07, 6.45) is 0.148. The number of nitrogens with one attached hydrogen (secondary N) is 1. The fourth-order valence-corrected chi connectivity index (χ4v) is 2.86. The Balaban J connectivity index is 2.34. The first-order valence-electron chi connectivity index (χ1n) is 6.58. The molecule has 1 N–H and O–H groups in total. The summed E-state index contributed by atoms with van der Waals surface area (Å²) in [5.74, 6) is -0.487. The molecule has 0 unspecified atom stereocenters. The summed E-state index contributed by atoms with van der Waals surface area (Å²) >= 11 is 1.29. The van der Waals surface area contributed by atoms with Crippen molar-refractivity contribution in [1.29, 1.82) is 0 Å². The van der Waals surface area contributed by atoms with E-state index in [4.69, 9.17) is 4.74 Å². The normalized spacial score (nSPS) is 10.2. The Kier molecular flexibility index (Phi) is 5.05. The van der Waals surface area contributed by atoms with Crippen molar-refractivity contribution >= 4 is 28.3 Å². The predicted molar refractivity (Wildman–Crippen MR) is 82.2 cm³/mol. The van der Waals surface area contributed by atoms with Crippen molar-refractivity contribution in [1.82, 2.24) is 4.98 Å². The summed E-state index contributed by atoms with van der Waals surface area (Å²) in [5.41, 5.74) is 1.61. The highest BCUT2D eigenvalue weighted by atomic mass is 32.1. The van der Waals surface area contributed by atoms with Crippen LogP contribution >= 0.6 is 11.3 Å². The molecule has 6 heteroatoms. The van der Waals surface area contributed by atoms with Crippen molar-refractivity contribution in [3.8, 4) is 11.3 Å². The molecular formula is C15H16N2O3S. The van der Waals surface area contributed by atoms with Crippen molar-refractivity contribution in [2.45, 2.75) is 20.3 Å². The molecule has 0 bridgehead atoms. The van der Waals surface area contributed by atoms with E-state index in [1.165, 1.54) is 18.3 Å². The maximum atomic E-state index is 11.7. The topological polar surface area (TPSA) is 68.3 Å². The Labute approximate surface area is 127 Å². The number of benzene rings is 1. The quantitative estimate of drug-likeness (QED) is 0.862. The number of esters is 1. The number of anilines is 1. The van der Waals surface area contributed by atoms with Gasteiger partial charge in [0, 0.05) is 17.4 Å². The third-order valence-corrected chi connectivity index (χ3v) is 3.61. The van der Waals surface area contributed by atoms with E-state index in [0.29, 0.717) is 17.4 Å². The summed E-state index contributed by atoms with van der Waals surface area (Å²) < 4.78 is 4.98. The number of hydrogen-bond acceptors (Lipinski definition) is 5. The van der Waals surface area contributed by atoms with Crippen LogP contribution in [0.5, 0.6) is 0 Å². The van der Waals surface area contributed by atoms with Gasteiger partial charge in [0.15, 0.2) is 5.13 Å². The van der Waals surface area contributed by atoms with Crippen LogP contribution in [0.25, 0.3) is 11.3 Å². The standard InChI is InChI=1S/C15H16N2O3S/c1-3-20-13(19)9-12-14(11-7-5-4-6-8-11)17-15(21-12)16-10(2)18/h4-8H,3,9H2,1-2H3,(H,16,17,18). The van der Waals surface area contributed by atoms with E-state index in [1.807, 2.05) is 30.3 Å². The molecule has 1 heterocycles. The summed E-state index contributed by atoms with van der Waals surface area (Å²) in [6.45, 7) is 3.54. The van der Waals surface area contributed by atoms with Crippen LogP contribution in [-0.4, -0.2) is 23.5 Å². The summed E-state index contributed by atoms with van der Waals surface area (Å²) in [6, 6.07) is 9.56. The van der Waals surface area contributed by atoms with Crippen molar-refractivity contribution in [3.05, 3.63) is 35.2 Å². The van der Waals surface area contributed by atoms with E-state index in [-0.39, 0.29) is 18.3 Å². The van der Waals surface area contributed by atoms with Gasteiger partial charge >= 0.3 is 5.97 Å². The largest absolute Gasteiger partial charge is 0.466 e. The van der Waals surface area contributed by atoms with Gasteiger partial charge in [0.2, 0.25) is 5.91 Å². The molecule has 0 saturated carbocycles. The Morgan fingerprint density at radius 3 is 2.62 bits per heavy atom. The first-order chi connectivity index (χ1) is 10.1. The lowest BCUT2D eigenvalue weighted by atomic mass is 10.1. The zero-order valence-corrected chi connectivity index (χ0v) is 12.7. The first-order valence-corrected chi connectivity index (χ1v) is 7.40. The van der Waals surface area contributed by atoms with Crippen molar-refractivity contribution < 1.29 is 14.3 Å². The predicted octanol–water partition coefficient (Wildman–Crippen LogP) is 2.87. The molecule has 0 aliphatic heterocycles. The van der Waals surface area contributed by atoms with Gasteiger partial charge in [-0.3, -0.25) is 9.59 Å². The highest BCUT2D eigenvalue weighted by Gasteiger charge is 2.17. The molecule has 2 rings (SSSR count). The second-order valence-electron chi connectivity index (χ2n) is 4.32. The van der Waals surface area contributed by atoms with E-state index in [0.717, 1.165) is 10.4 Å². The van der Waals surface area contributed by atoms with Crippen molar-refractivity contribution in [2.24, 2.45) is 0 Å². The highest BCUT2D eigenvalue weighted by Crippen LogP contribution is 2.31. The van der Waals surface area contributed by atoms with Crippen LogP contribution in [0, 0.1) is 0 Å². The van der Waals surface area contributed by atoms with Crippen molar-refractivity contribution in [3.63, 3.8) is 0 Å². The number of rotatable bonds is 5. The Morgan fingerprint density at radius 2 is 2.00 bits per heavy atom. The maximum Gasteiger partial charge on any atom is 0.311 e. The molecule has 0 aliphatic carbocycles. The molecule has 5 nitrogen and oxygen atoms in total. The van der Waals surface area contributed by atoms with E-state index in [2.05, 4.69) is 10.3 Å². The molecule has 0 radical (unpaired) electrons. The SMILES string of the molecule is CCOC(=O)Cc1sc(NC(C)=O)nc1-c1ccccc1. The third-order valence-electron chi connectivity index (χ3n) is 2.64. The van der Waals surface area contributed by atoms with Crippen LogP contribution in [0.3, 0.4) is 0 Å². The maximum absolute atomic E-state index is 11.7. The van der Waals surface area contributed by atoms with Gasteiger partial charge in [-0.05, 0) is 6.92 Å². The lowest BCUT2D eigenvalue weighted by molar-refractivity contribution is -0.142. The molecule has 1 aromatic heterocycles. The van der Waals surface area contributed by atoms with Crippen LogP contribution in [0.15, 0.2) is 30.3 Å². The summed E-state index contributed by atoms with van der Waals surface area (Å²) in [5, 5.41) is 3.14. The molecule has 0 saturated heterocycles. The monoisotopic (exact) mass is 304 g/mol. The van der Waals surface area contributed by atoms with Gasteiger partial charge < -0.3 is 10.1 Å². The fraction of sp³-hybridized carbons (Fsp3) is 0.267. The van der Waals surface area contributed by atoms with Crippen LogP contribution in [0.1, 0.15) is 18.7 Å². The lowest BCUT2D eigenvalue weighted by Crippen LogP contribution is -2.07. The van der Waals surface area contributed by atoms with Crippen LogP contribution in [0.4, 0.5) is 5.13 Å². The average Bonchev–Trinajstić information content (AvgIpc) is 2.81. The van der Waals surface area contributed by atoms with Gasteiger partial charge in [0.05, 0.1) is 18.7 Å². The van der Waals surface area contributed by atoms with Gasteiger partial charge in [-0.15, -0.1) is 11.3 Å². The molecule has 1 aromatic carbocycles. The number of thiazole rings is 1. The van der Waals surface area contributed by atoms with Gasteiger partial charge in [-0.2, -0.15) is 0 Å². The number of hydrogen-bond donors (Lipinski definition) is 1. The van der Waals surface area contributed by atoms with Gasteiger partial charge in [-0.25, -0.2) is 4.98 Å². The molecule has 21 heavy (non-hydrogen) atoms. The van der Waals surface area contributed by atoms with Crippen LogP contribution < -0.4 is 5.32 Å². The second-order valence-corrected chi connectivity index (χ2v) is 5.40. The zero-order chi connectivity index (χ0) is 15.2. The van der Waals surface area contributed by atoms with Gasteiger partial charge in [-0.1, -0.05) is 30.3 Å². The first kappa shape index (κ1) is 15.2. The van der Waals surface area contributed by atoms with Crippen molar-refractivity contribution in [2.75, 3.05) is 11.9 Å². The Hall–Kier alpha value is -2.21. The molecular weight excluding hydrogens is 288 g/mol. The number of carbonyl (C=O) groups excluding carboxylic acids is 2. The summed E-state index contributed by atoms with van der Waals surface area (Å²) in [7, 11) is 0. The van der Waals surface area contributed by atoms with E-state index in [9.17, 15) is 9.59 Å². The third kappa shape index (κ3) is 4.13. The minimum absolute atomic E-state index is 0.148. The minimum Gasteiger partial charge on any atom is -0.466 e. The average molecular weight is 304 g/mol. The van der Waals surface area contributed by atoms with Crippen LogP contribution in [-0.2, 0) is 20.7 Å². The smallest absolute Gasteiger partial charge is 0.311 e. The molecule has 0 aliphatic rings. The number of carbonyl (C=O) groups is 2. The Bertz CT molecular complexity index is 638. The number of ether oxygens (including phenoxy) is 1. The molecule has 0 fully saturated rings. The number of aromatic nitrogens is 1. The molecule has 110 valence electrons. The molecule has 0 spiro atoms. The molecule has 0 atom stereocenters. The zero-order valence-electron chi connectivity index (χ0n) is 11.9. The number of amides is 1. The lowest BCUT2D eigenvalue weighted by Gasteiger charge is -2.02. The van der Waals surface area contributed by atoms with Crippen LogP contribution in [0.2, 0.25) is 0 Å². The molecule has 2 aromatic rings. The van der Waals surface area contributed by atoms with E-state index >= 15 is 0 Å². The van der Waals surface area contributed by atoms with Gasteiger partial charge in [0.25, 0.3) is 0 Å². The minimum atomic E-state index is -0.298. The van der Waals surface area contributed by atoms with E-state index < -0.39 is 0 Å². The second kappa shape index (κ2) is 6.99.